The molecule has 19 heavy (non-hydrogen) atoms. The normalized spacial score (nSPS) is 16.2. The summed E-state index contributed by atoms with van der Waals surface area (Å²) in [7, 11) is 3.83. The predicted octanol–water partition coefficient (Wildman–Crippen LogP) is 2.26. The van der Waals surface area contributed by atoms with Crippen molar-refractivity contribution in [2.75, 3.05) is 20.6 Å². The number of benzene rings is 1. The fourth-order valence-corrected chi connectivity index (χ4v) is 2.66. The molecule has 1 aliphatic rings. The smallest absolute Gasteiger partial charge is 0.230 e. The van der Waals surface area contributed by atoms with Crippen molar-refractivity contribution in [2.24, 2.45) is 5.41 Å². The van der Waals surface area contributed by atoms with Gasteiger partial charge in [-0.1, -0.05) is 23.8 Å². The van der Waals surface area contributed by atoms with E-state index in [2.05, 4.69) is 37.4 Å². The average Bonchev–Trinajstić information content (AvgIpc) is 3.14. The molecule has 1 amide bonds. The Bertz CT molecular complexity index is 478. The Morgan fingerprint density at radius 3 is 2.63 bits per heavy atom. The van der Waals surface area contributed by atoms with Gasteiger partial charge in [0.2, 0.25) is 5.91 Å². The van der Waals surface area contributed by atoms with Gasteiger partial charge in [0, 0.05) is 20.1 Å². The van der Waals surface area contributed by atoms with Crippen molar-refractivity contribution in [2.45, 2.75) is 33.2 Å². The Morgan fingerprint density at radius 1 is 1.37 bits per heavy atom. The number of carbonyl (C=O) groups is 1. The fraction of sp³-hybridized carbons (Fsp3) is 0.562. The van der Waals surface area contributed by atoms with Crippen LogP contribution >= 0.6 is 0 Å². The standard InChI is InChI=1S/C16H24N2O/c1-12-5-6-13(2)14(9-12)10-18(4)15(19)16(7-8-16)11-17-3/h5-6,9,17H,7-8,10-11H2,1-4H3. The molecule has 1 N–H and O–H groups in total. The molecular weight excluding hydrogens is 236 g/mol. The van der Waals surface area contributed by atoms with E-state index in [4.69, 9.17) is 0 Å². The predicted molar refractivity (Wildman–Crippen MR) is 78.0 cm³/mol. The van der Waals surface area contributed by atoms with E-state index in [9.17, 15) is 4.79 Å². The Kier molecular flexibility index (Phi) is 3.95. The van der Waals surface area contributed by atoms with Crippen molar-refractivity contribution in [3.63, 3.8) is 0 Å². The molecule has 1 saturated carbocycles. The molecule has 0 heterocycles. The van der Waals surface area contributed by atoms with Crippen LogP contribution in [0, 0.1) is 19.3 Å². The molecule has 3 nitrogen and oxygen atoms in total. The van der Waals surface area contributed by atoms with Gasteiger partial charge in [-0.25, -0.2) is 0 Å². The van der Waals surface area contributed by atoms with E-state index in [-0.39, 0.29) is 11.3 Å². The van der Waals surface area contributed by atoms with Gasteiger partial charge in [0.05, 0.1) is 5.41 Å². The van der Waals surface area contributed by atoms with Crippen LogP contribution in [0.1, 0.15) is 29.5 Å². The second-order valence-electron chi connectivity index (χ2n) is 5.90. The summed E-state index contributed by atoms with van der Waals surface area (Å²) in [5.41, 5.74) is 3.62. The van der Waals surface area contributed by atoms with E-state index in [0.717, 1.165) is 19.4 Å². The molecule has 0 saturated heterocycles. The Labute approximate surface area is 116 Å². The van der Waals surface area contributed by atoms with Crippen molar-refractivity contribution < 1.29 is 4.79 Å². The van der Waals surface area contributed by atoms with Crippen molar-refractivity contribution in [3.8, 4) is 0 Å². The summed E-state index contributed by atoms with van der Waals surface area (Å²) in [4.78, 5) is 14.4. The molecule has 1 aromatic carbocycles. The van der Waals surface area contributed by atoms with Gasteiger partial charge in [-0.3, -0.25) is 4.79 Å². The van der Waals surface area contributed by atoms with Crippen LogP contribution in [-0.4, -0.2) is 31.4 Å². The lowest BCUT2D eigenvalue weighted by atomic mass is 10.0. The van der Waals surface area contributed by atoms with Crippen LogP contribution in [-0.2, 0) is 11.3 Å². The second-order valence-corrected chi connectivity index (χ2v) is 5.90. The number of rotatable bonds is 5. The van der Waals surface area contributed by atoms with Gasteiger partial charge < -0.3 is 10.2 Å². The summed E-state index contributed by atoms with van der Waals surface area (Å²) in [5, 5.41) is 3.14. The highest BCUT2D eigenvalue weighted by Crippen LogP contribution is 2.46. The topological polar surface area (TPSA) is 32.3 Å². The third kappa shape index (κ3) is 2.98. The fourth-order valence-electron chi connectivity index (χ4n) is 2.66. The van der Waals surface area contributed by atoms with Gasteiger partial charge in [-0.2, -0.15) is 0 Å². The average molecular weight is 260 g/mol. The van der Waals surface area contributed by atoms with Crippen LogP contribution in [0.25, 0.3) is 0 Å². The van der Waals surface area contributed by atoms with Gasteiger partial charge in [-0.15, -0.1) is 0 Å². The lowest BCUT2D eigenvalue weighted by molar-refractivity contribution is -0.136. The number of amides is 1. The molecule has 0 spiro atoms. The molecule has 0 aliphatic heterocycles. The van der Waals surface area contributed by atoms with Gasteiger partial charge in [0.25, 0.3) is 0 Å². The molecule has 0 aromatic heterocycles. The molecule has 0 bridgehead atoms. The molecule has 1 aromatic rings. The van der Waals surface area contributed by atoms with Crippen LogP contribution in [0.4, 0.5) is 0 Å². The van der Waals surface area contributed by atoms with Crippen LogP contribution in [0.5, 0.6) is 0 Å². The first-order valence-corrected chi connectivity index (χ1v) is 6.95. The Balaban J connectivity index is 2.07. The summed E-state index contributed by atoms with van der Waals surface area (Å²) in [6, 6.07) is 6.42. The number of hydrogen-bond donors (Lipinski definition) is 1. The summed E-state index contributed by atoms with van der Waals surface area (Å²) in [6.45, 7) is 5.70. The van der Waals surface area contributed by atoms with Gasteiger partial charge >= 0.3 is 0 Å². The monoisotopic (exact) mass is 260 g/mol. The molecule has 3 heteroatoms. The van der Waals surface area contributed by atoms with Crippen molar-refractivity contribution >= 4 is 5.91 Å². The largest absolute Gasteiger partial charge is 0.341 e. The first-order chi connectivity index (χ1) is 8.98. The van der Waals surface area contributed by atoms with Gasteiger partial charge in [0.1, 0.15) is 0 Å². The number of nitrogens with one attached hydrogen (secondary N) is 1. The number of carbonyl (C=O) groups excluding carboxylic acids is 1. The lowest BCUT2D eigenvalue weighted by Gasteiger charge is -2.24. The van der Waals surface area contributed by atoms with E-state index < -0.39 is 0 Å². The summed E-state index contributed by atoms with van der Waals surface area (Å²) in [5.74, 6) is 0.280. The second kappa shape index (κ2) is 5.33. The molecular formula is C16H24N2O. The van der Waals surface area contributed by atoms with E-state index in [1.54, 1.807) is 0 Å². The Hall–Kier alpha value is -1.35. The molecule has 2 rings (SSSR count). The number of hydrogen-bond acceptors (Lipinski definition) is 2. The van der Waals surface area contributed by atoms with E-state index in [1.807, 2.05) is 19.0 Å². The van der Waals surface area contributed by atoms with Crippen LogP contribution in [0.2, 0.25) is 0 Å². The Morgan fingerprint density at radius 2 is 2.05 bits per heavy atom. The van der Waals surface area contributed by atoms with Crippen LogP contribution in [0.15, 0.2) is 18.2 Å². The molecule has 104 valence electrons. The molecule has 0 atom stereocenters. The van der Waals surface area contributed by atoms with Crippen molar-refractivity contribution in [3.05, 3.63) is 34.9 Å². The van der Waals surface area contributed by atoms with E-state index in [1.165, 1.54) is 16.7 Å². The van der Waals surface area contributed by atoms with E-state index in [0.29, 0.717) is 6.54 Å². The minimum atomic E-state index is -0.124. The van der Waals surface area contributed by atoms with Crippen molar-refractivity contribution in [1.82, 2.24) is 10.2 Å². The third-order valence-electron chi connectivity index (χ3n) is 4.08. The highest BCUT2D eigenvalue weighted by Gasteiger charge is 2.50. The summed E-state index contributed by atoms with van der Waals surface area (Å²) < 4.78 is 0. The molecule has 0 unspecified atom stereocenters. The zero-order valence-corrected chi connectivity index (χ0v) is 12.4. The third-order valence-corrected chi connectivity index (χ3v) is 4.08. The first kappa shape index (κ1) is 14.1. The highest BCUT2D eigenvalue weighted by molar-refractivity contribution is 5.85. The summed E-state index contributed by atoms with van der Waals surface area (Å²) in [6.07, 6.45) is 2.04. The quantitative estimate of drug-likeness (QED) is 0.881. The maximum atomic E-state index is 12.5. The highest BCUT2D eigenvalue weighted by atomic mass is 16.2. The molecule has 1 aliphatic carbocycles. The zero-order valence-electron chi connectivity index (χ0n) is 12.4. The minimum absolute atomic E-state index is 0.124. The van der Waals surface area contributed by atoms with E-state index >= 15 is 0 Å². The zero-order chi connectivity index (χ0) is 14.0. The lowest BCUT2D eigenvalue weighted by Crippen LogP contribution is -2.38. The SMILES string of the molecule is CNCC1(C(=O)N(C)Cc2cc(C)ccc2C)CC1. The minimum Gasteiger partial charge on any atom is -0.341 e. The molecule has 0 radical (unpaired) electrons. The van der Waals surface area contributed by atoms with Crippen molar-refractivity contribution in [1.29, 1.82) is 0 Å². The summed E-state index contributed by atoms with van der Waals surface area (Å²) >= 11 is 0. The van der Waals surface area contributed by atoms with Gasteiger partial charge in [0.15, 0.2) is 0 Å². The maximum absolute atomic E-state index is 12.5. The molecule has 1 fully saturated rings. The first-order valence-electron chi connectivity index (χ1n) is 6.95. The van der Waals surface area contributed by atoms with Crippen LogP contribution < -0.4 is 5.32 Å². The van der Waals surface area contributed by atoms with Gasteiger partial charge in [-0.05, 0) is 44.9 Å². The number of nitrogens with zero attached hydrogens (tertiary/aromatic N) is 1. The van der Waals surface area contributed by atoms with Crippen LogP contribution in [0.3, 0.4) is 0 Å². The number of aryl methyl sites for hydroxylation is 2. The maximum Gasteiger partial charge on any atom is 0.230 e.